The van der Waals surface area contributed by atoms with Crippen LogP contribution in [0.5, 0.6) is 0 Å². The third-order valence-corrected chi connectivity index (χ3v) is 1.18. The van der Waals surface area contributed by atoms with Crippen molar-refractivity contribution in [2.24, 2.45) is 0 Å². The first-order chi connectivity index (χ1) is 4.66. The molecule has 0 atom stereocenters. The molecule has 0 saturated carbocycles. The second kappa shape index (κ2) is 4.98. The highest BCUT2D eigenvalue weighted by molar-refractivity contribution is 5.71. The Labute approximate surface area is 62.4 Å². The van der Waals surface area contributed by atoms with Crippen molar-refractivity contribution in [3.8, 4) is 0 Å². The number of rotatable bonds is 4. The summed E-state index contributed by atoms with van der Waals surface area (Å²) in [4.78, 5) is 10.1. The van der Waals surface area contributed by atoms with Gasteiger partial charge in [0.2, 0.25) is 0 Å². The van der Waals surface area contributed by atoms with Gasteiger partial charge in [-0.2, -0.15) is 0 Å². The summed E-state index contributed by atoms with van der Waals surface area (Å²) in [5.74, 6) is 0. The molecule has 0 aromatic carbocycles. The number of allylic oxidation sites excluding steroid dienone is 3. The SMILES string of the molecule is C=C(C=O)CCC=C(C)C. The molecule has 1 heteroatoms. The zero-order valence-corrected chi connectivity index (χ0v) is 6.68. The van der Waals surface area contributed by atoms with Crippen LogP contribution in [-0.2, 0) is 4.79 Å². The fraction of sp³-hybridized carbons (Fsp3) is 0.444. The fourth-order valence-corrected chi connectivity index (χ4v) is 0.605. The van der Waals surface area contributed by atoms with E-state index in [4.69, 9.17) is 0 Å². The van der Waals surface area contributed by atoms with Gasteiger partial charge in [0.05, 0.1) is 0 Å². The molecule has 0 aliphatic heterocycles. The Hall–Kier alpha value is -0.850. The van der Waals surface area contributed by atoms with E-state index >= 15 is 0 Å². The van der Waals surface area contributed by atoms with Gasteiger partial charge in [-0.05, 0) is 32.3 Å². The predicted molar refractivity (Wildman–Crippen MR) is 43.9 cm³/mol. The van der Waals surface area contributed by atoms with Gasteiger partial charge >= 0.3 is 0 Å². The highest BCUT2D eigenvalue weighted by atomic mass is 16.1. The average molecular weight is 138 g/mol. The number of carbonyl (C=O) groups is 1. The third kappa shape index (κ3) is 5.29. The number of hydrogen-bond donors (Lipinski definition) is 0. The van der Waals surface area contributed by atoms with Crippen molar-refractivity contribution in [3.63, 3.8) is 0 Å². The maximum Gasteiger partial charge on any atom is 0.145 e. The third-order valence-electron chi connectivity index (χ3n) is 1.18. The molecule has 56 valence electrons. The van der Waals surface area contributed by atoms with E-state index in [-0.39, 0.29) is 0 Å². The quantitative estimate of drug-likeness (QED) is 0.331. The Morgan fingerprint density at radius 2 is 2.10 bits per heavy atom. The van der Waals surface area contributed by atoms with Crippen molar-refractivity contribution in [3.05, 3.63) is 23.8 Å². The summed E-state index contributed by atoms with van der Waals surface area (Å²) in [5.41, 5.74) is 1.97. The summed E-state index contributed by atoms with van der Waals surface area (Å²) in [7, 11) is 0. The zero-order valence-electron chi connectivity index (χ0n) is 6.68. The van der Waals surface area contributed by atoms with E-state index < -0.39 is 0 Å². The van der Waals surface area contributed by atoms with E-state index in [0.29, 0.717) is 5.57 Å². The molecule has 0 aliphatic carbocycles. The van der Waals surface area contributed by atoms with Crippen LogP contribution in [0.3, 0.4) is 0 Å². The Kier molecular flexibility index (Phi) is 4.55. The minimum absolute atomic E-state index is 0.678. The Morgan fingerprint density at radius 3 is 2.50 bits per heavy atom. The molecule has 0 aliphatic rings. The van der Waals surface area contributed by atoms with Crippen LogP contribution in [0.1, 0.15) is 26.7 Å². The molecule has 0 aromatic heterocycles. The van der Waals surface area contributed by atoms with Gasteiger partial charge in [0.1, 0.15) is 6.29 Å². The van der Waals surface area contributed by atoms with Crippen LogP contribution < -0.4 is 0 Å². The van der Waals surface area contributed by atoms with Gasteiger partial charge in [0.15, 0.2) is 0 Å². The maximum atomic E-state index is 10.1. The molecular formula is C9H14O. The molecule has 0 bridgehead atoms. The highest BCUT2D eigenvalue weighted by Crippen LogP contribution is 2.02. The number of hydrogen-bond acceptors (Lipinski definition) is 1. The second-order valence-corrected chi connectivity index (χ2v) is 2.60. The van der Waals surface area contributed by atoms with Gasteiger partial charge in [0.25, 0.3) is 0 Å². The van der Waals surface area contributed by atoms with Crippen LogP contribution in [0.4, 0.5) is 0 Å². The van der Waals surface area contributed by atoms with Crippen LogP contribution in [-0.4, -0.2) is 6.29 Å². The first kappa shape index (κ1) is 9.15. The molecular weight excluding hydrogens is 124 g/mol. The molecule has 0 unspecified atom stereocenters. The minimum atomic E-state index is 0.678. The van der Waals surface area contributed by atoms with Crippen molar-refractivity contribution in [1.29, 1.82) is 0 Å². The summed E-state index contributed by atoms with van der Waals surface area (Å²) < 4.78 is 0. The molecule has 1 nitrogen and oxygen atoms in total. The molecule has 0 N–H and O–H groups in total. The molecule has 10 heavy (non-hydrogen) atoms. The smallest absolute Gasteiger partial charge is 0.145 e. The van der Waals surface area contributed by atoms with Gasteiger partial charge < -0.3 is 0 Å². The number of aldehydes is 1. The Bertz CT molecular complexity index is 150. The van der Waals surface area contributed by atoms with Crippen molar-refractivity contribution in [2.75, 3.05) is 0 Å². The predicted octanol–water partition coefficient (Wildman–Crippen LogP) is 2.49. The van der Waals surface area contributed by atoms with Gasteiger partial charge in [0, 0.05) is 0 Å². The monoisotopic (exact) mass is 138 g/mol. The normalized spacial score (nSPS) is 8.60. The zero-order chi connectivity index (χ0) is 7.98. The first-order valence-electron chi connectivity index (χ1n) is 3.43. The lowest BCUT2D eigenvalue weighted by atomic mass is 10.1. The molecule has 0 aromatic rings. The van der Waals surface area contributed by atoms with Gasteiger partial charge in [-0.1, -0.05) is 18.2 Å². The topological polar surface area (TPSA) is 17.1 Å². The molecule has 0 fully saturated rings. The molecule has 0 rings (SSSR count). The van der Waals surface area contributed by atoms with Gasteiger partial charge in [-0.25, -0.2) is 0 Å². The van der Waals surface area contributed by atoms with Crippen molar-refractivity contribution < 1.29 is 4.79 Å². The fourth-order valence-electron chi connectivity index (χ4n) is 0.605. The van der Waals surface area contributed by atoms with Crippen LogP contribution in [0.15, 0.2) is 23.8 Å². The Morgan fingerprint density at radius 1 is 1.50 bits per heavy atom. The second-order valence-electron chi connectivity index (χ2n) is 2.60. The molecule has 0 spiro atoms. The number of carbonyl (C=O) groups excluding carboxylic acids is 1. The summed E-state index contributed by atoms with van der Waals surface area (Å²) in [6.07, 6.45) is 4.64. The van der Waals surface area contributed by atoms with E-state index in [1.165, 1.54) is 5.57 Å². The van der Waals surface area contributed by atoms with Crippen LogP contribution in [0, 0.1) is 0 Å². The van der Waals surface area contributed by atoms with E-state index in [9.17, 15) is 4.79 Å². The first-order valence-corrected chi connectivity index (χ1v) is 3.43. The maximum absolute atomic E-state index is 10.1. The average Bonchev–Trinajstić information content (AvgIpc) is 1.87. The van der Waals surface area contributed by atoms with Crippen molar-refractivity contribution >= 4 is 6.29 Å². The summed E-state index contributed by atoms with van der Waals surface area (Å²) in [6.45, 7) is 7.66. The van der Waals surface area contributed by atoms with Gasteiger partial charge in [-0.3, -0.25) is 4.79 Å². The highest BCUT2D eigenvalue weighted by Gasteiger charge is 1.87. The van der Waals surface area contributed by atoms with E-state index in [0.717, 1.165) is 19.1 Å². The summed E-state index contributed by atoms with van der Waals surface area (Å²) in [5, 5.41) is 0. The summed E-state index contributed by atoms with van der Waals surface area (Å²) in [6, 6.07) is 0. The van der Waals surface area contributed by atoms with E-state index in [1.807, 2.05) is 13.8 Å². The minimum Gasteiger partial charge on any atom is -0.298 e. The van der Waals surface area contributed by atoms with E-state index in [1.54, 1.807) is 0 Å². The Balaban J connectivity index is 3.46. The van der Waals surface area contributed by atoms with Crippen LogP contribution in [0.25, 0.3) is 0 Å². The van der Waals surface area contributed by atoms with Crippen molar-refractivity contribution in [1.82, 2.24) is 0 Å². The van der Waals surface area contributed by atoms with Crippen LogP contribution >= 0.6 is 0 Å². The van der Waals surface area contributed by atoms with Crippen molar-refractivity contribution in [2.45, 2.75) is 26.7 Å². The van der Waals surface area contributed by atoms with Crippen LogP contribution in [0.2, 0.25) is 0 Å². The summed E-state index contributed by atoms with van der Waals surface area (Å²) >= 11 is 0. The lowest BCUT2D eigenvalue weighted by Gasteiger charge is -1.92. The largest absolute Gasteiger partial charge is 0.298 e. The molecule has 0 heterocycles. The van der Waals surface area contributed by atoms with E-state index in [2.05, 4.69) is 12.7 Å². The molecule has 0 amide bonds. The molecule has 0 saturated heterocycles. The lowest BCUT2D eigenvalue weighted by molar-refractivity contribution is -0.105. The lowest BCUT2D eigenvalue weighted by Crippen LogP contribution is -1.80. The standard InChI is InChI=1S/C9H14O/c1-8(2)5-4-6-9(3)7-10/h5,7H,3-4,6H2,1-2H3. The van der Waals surface area contributed by atoms with Gasteiger partial charge in [-0.15, -0.1) is 0 Å². The molecule has 0 radical (unpaired) electrons.